The van der Waals surface area contributed by atoms with E-state index in [1.54, 1.807) is 11.3 Å². The monoisotopic (exact) mass is 492 g/mol. The van der Waals surface area contributed by atoms with Gasteiger partial charge in [-0.1, -0.05) is 19.1 Å². The van der Waals surface area contributed by atoms with Gasteiger partial charge in [-0.15, -0.1) is 11.3 Å². The molecule has 1 amide bonds. The molecule has 3 atom stereocenters. The van der Waals surface area contributed by atoms with Gasteiger partial charge in [0.1, 0.15) is 23.5 Å². The second-order valence-electron chi connectivity index (χ2n) is 9.29. The molecule has 0 bridgehead atoms. The van der Waals surface area contributed by atoms with Crippen molar-refractivity contribution in [1.29, 1.82) is 0 Å². The molecule has 2 aromatic rings. The number of thiophene rings is 1. The number of anilines is 1. The van der Waals surface area contributed by atoms with Crippen LogP contribution < -0.4 is 15.4 Å². The Labute approximate surface area is 199 Å². The van der Waals surface area contributed by atoms with Crippen LogP contribution in [0.25, 0.3) is 0 Å². The zero-order valence-electron chi connectivity index (χ0n) is 19.1. The number of aliphatic hydroxyl groups is 1. The van der Waals surface area contributed by atoms with Gasteiger partial charge in [-0.05, 0) is 61.8 Å². The molecule has 0 radical (unpaired) electrons. The number of sulfone groups is 1. The lowest BCUT2D eigenvalue weighted by molar-refractivity contribution is 0.0940. The van der Waals surface area contributed by atoms with Crippen molar-refractivity contribution < 1.29 is 23.1 Å². The third-order valence-corrected chi connectivity index (χ3v) is 9.22. The van der Waals surface area contributed by atoms with Gasteiger partial charge in [-0.25, -0.2) is 8.42 Å². The van der Waals surface area contributed by atoms with Crippen molar-refractivity contribution in [2.75, 3.05) is 30.0 Å². The van der Waals surface area contributed by atoms with E-state index in [4.69, 9.17) is 4.74 Å². The Morgan fingerprint density at radius 3 is 2.88 bits per heavy atom. The molecule has 2 aliphatic rings. The predicted molar refractivity (Wildman–Crippen MR) is 131 cm³/mol. The SMILES string of the molecule is Cc1cccc(OCC(O)CNc2sc3c(c2C(=O)NC2CCS(=O)(=O)C2)CCC(C)C3)c1. The number of carbonyl (C=O) groups is 1. The second-order valence-corrected chi connectivity index (χ2v) is 12.6. The first-order chi connectivity index (χ1) is 15.7. The molecule has 3 unspecified atom stereocenters. The molecule has 1 aromatic carbocycles. The van der Waals surface area contributed by atoms with Crippen LogP contribution >= 0.6 is 11.3 Å². The molecule has 1 saturated heterocycles. The molecule has 0 saturated carbocycles. The molecule has 33 heavy (non-hydrogen) atoms. The summed E-state index contributed by atoms with van der Waals surface area (Å²) >= 11 is 1.57. The van der Waals surface area contributed by atoms with E-state index in [0.29, 0.717) is 23.7 Å². The number of aliphatic hydroxyl groups excluding tert-OH is 1. The van der Waals surface area contributed by atoms with Crippen LogP contribution in [-0.2, 0) is 22.7 Å². The number of benzene rings is 1. The van der Waals surface area contributed by atoms with E-state index in [1.807, 2.05) is 31.2 Å². The number of hydrogen-bond donors (Lipinski definition) is 3. The lowest BCUT2D eigenvalue weighted by Crippen LogP contribution is -2.36. The standard InChI is InChI=1S/C24H32N2O5S2/c1-15-4-3-5-19(10-15)31-13-18(27)12-25-24-22(20-7-6-16(2)11-21(20)32-24)23(28)26-17-8-9-33(29,30)14-17/h3-5,10,16-18,25,27H,6-9,11-14H2,1-2H3,(H,26,28). The van der Waals surface area contributed by atoms with Crippen LogP contribution in [-0.4, -0.2) is 56.2 Å². The number of ether oxygens (including phenoxy) is 1. The fraction of sp³-hybridized carbons (Fsp3) is 0.542. The highest BCUT2D eigenvalue weighted by molar-refractivity contribution is 7.91. The smallest absolute Gasteiger partial charge is 0.254 e. The van der Waals surface area contributed by atoms with E-state index < -0.39 is 15.9 Å². The van der Waals surface area contributed by atoms with Gasteiger partial charge in [0.2, 0.25) is 0 Å². The Bertz CT molecular complexity index is 1110. The van der Waals surface area contributed by atoms with Crippen LogP contribution in [0.5, 0.6) is 5.75 Å². The van der Waals surface area contributed by atoms with Crippen LogP contribution in [0.1, 0.15) is 46.1 Å². The van der Waals surface area contributed by atoms with Crippen LogP contribution in [0.2, 0.25) is 0 Å². The number of fused-ring (bicyclic) bond motifs is 1. The first-order valence-electron chi connectivity index (χ1n) is 11.5. The minimum Gasteiger partial charge on any atom is -0.491 e. The Morgan fingerprint density at radius 1 is 1.33 bits per heavy atom. The summed E-state index contributed by atoms with van der Waals surface area (Å²) in [7, 11) is -3.07. The molecular formula is C24H32N2O5S2. The summed E-state index contributed by atoms with van der Waals surface area (Å²) in [6.07, 6.45) is 2.49. The zero-order valence-corrected chi connectivity index (χ0v) is 20.7. The van der Waals surface area contributed by atoms with Crippen molar-refractivity contribution in [2.24, 2.45) is 5.92 Å². The summed E-state index contributed by atoms with van der Waals surface area (Å²) < 4.78 is 29.3. The van der Waals surface area contributed by atoms with Gasteiger partial charge in [0.15, 0.2) is 9.84 Å². The van der Waals surface area contributed by atoms with Crippen LogP contribution in [0, 0.1) is 12.8 Å². The normalized spacial score (nSPS) is 22.4. The quantitative estimate of drug-likeness (QED) is 0.523. The van der Waals surface area contributed by atoms with Crippen LogP contribution in [0.15, 0.2) is 24.3 Å². The fourth-order valence-electron chi connectivity index (χ4n) is 4.45. The molecule has 0 spiro atoms. The van der Waals surface area contributed by atoms with Crippen molar-refractivity contribution in [3.63, 3.8) is 0 Å². The van der Waals surface area contributed by atoms with Gasteiger partial charge in [-0.2, -0.15) is 0 Å². The van der Waals surface area contributed by atoms with Crippen molar-refractivity contribution in [3.05, 3.63) is 45.8 Å². The first-order valence-corrected chi connectivity index (χ1v) is 14.1. The number of hydrogen-bond acceptors (Lipinski definition) is 7. The number of carbonyl (C=O) groups excluding carboxylic acids is 1. The summed E-state index contributed by atoms with van der Waals surface area (Å²) in [4.78, 5) is 14.4. The number of amides is 1. The van der Waals surface area contributed by atoms with E-state index in [-0.39, 0.29) is 36.6 Å². The molecule has 1 fully saturated rings. The van der Waals surface area contributed by atoms with Crippen LogP contribution in [0.4, 0.5) is 5.00 Å². The Kier molecular flexibility index (Phi) is 7.31. The topological polar surface area (TPSA) is 105 Å². The lowest BCUT2D eigenvalue weighted by Gasteiger charge is -2.19. The molecule has 1 aliphatic carbocycles. The van der Waals surface area contributed by atoms with Gasteiger partial charge in [0.05, 0.1) is 17.1 Å². The molecule has 7 nitrogen and oxygen atoms in total. The predicted octanol–water partition coefficient (Wildman–Crippen LogP) is 2.95. The molecule has 9 heteroatoms. The van der Waals surface area contributed by atoms with E-state index in [0.717, 1.165) is 35.4 Å². The van der Waals surface area contributed by atoms with Crippen molar-refractivity contribution in [1.82, 2.24) is 5.32 Å². The molecule has 180 valence electrons. The summed E-state index contributed by atoms with van der Waals surface area (Å²) in [6, 6.07) is 7.32. The van der Waals surface area contributed by atoms with E-state index in [9.17, 15) is 18.3 Å². The minimum atomic E-state index is -3.07. The third-order valence-electron chi connectivity index (χ3n) is 6.24. The molecular weight excluding hydrogens is 460 g/mol. The van der Waals surface area contributed by atoms with Crippen LogP contribution in [0.3, 0.4) is 0 Å². The number of nitrogens with one attached hydrogen (secondary N) is 2. The highest BCUT2D eigenvalue weighted by Crippen LogP contribution is 2.39. The highest BCUT2D eigenvalue weighted by atomic mass is 32.2. The summed E-state index contributed by atoms with van der Waals surface area (Å²) in [6.45, 7) is 4.59. The first kappa shape index (κ1) is 24.0. The van der Waals surface area contributed by atoms with Crippen molar-refractivity contribution in [2.45, 2.75) is 51.7 Å². The van der Waals surface area contributed by atoms with Crippen molar-refractivity contribution in [3.8, 4) is 5.75 Å². The van der Waals surface area contributed by atoms with Gasteiger partial charge in [-0.3, -0.25) is 4.79 Å². The molecule has 1 aliphatic heterocycles. The fourth-order valence-corrected chi connectivity index (χ4v) is 7.54. The summed E-state index contributed by atoms with van der Waals surface area (Å²) in [5.41, 5.74) is 2.76. The van der Waals surface area contributed by atoms with Gasteiger partial charge in [0.25, 0.3) is 5.91 Å². The average Bonchev–Trinajstić information content (AvgIpc) is 3.29. The summed E-state index contributed by atoms with van der Waals surface area (Å²) in [5.74, 6) is 1.17. The van der Waals surface area contributed by atoms with E-state index in [1.165, 1.54) is 4.88 Å². The Hall–Kier alpha value is -2.10. The third kappa shape index (κ3) is 6.07. The van der Waals surface area contributed by atoms with Gasteiger partial charge >= 0.3 is 0 Å². The van der Waals surface area contributed by atoms with Gasteiger partial charge in [0, 0.05) is 17.5 Å². The van der Waals surface area contributed by atoms with E-state index >= 15 is 0 Å². The maximum absolute atomic E-state index is 13.2. The molecule has 2 heterocycles. The second kappa shape index (κ2) is 10.0. The number of aryl methyl sites for hydroxylation is 1. The maximum Gasteiger partial charge on any atom is 0.254 e. The maximum atomic E-state index is 13.2. The lowest BCUT2D eigenvalue weighted by atomic mass is 9.88. The highest BCUT2D eigenvalue weighted by Gasteiger charge is 2.32. The number of rotatable bonds is 8. The molecule has 3 N–H and O–H groups in total. The zero-order chi connectivity index (χ0) is 23.6. The molecule has 4 rings (SSSR count). The largest absolute Gasteiger partial charge is 0.491 e. The summed E-state index contributed by atoms with van der Waals surface area (Å²) in [5, 5.41) is 17.4. The Balaban J connectivity index is 1.43. The van der Waals surface area contributed by atoms with Crippen molar-refractivity contribution >= 4 is 32.1 Å². The Morgan fingerprint density at radius 2 is 2.15 bits per heavy atom. The molecule has 1 aromatic heterocycles. The van der Waals surface area contributed by atoms with E-state index in [2.05, 4.69) is 17.6 Å². The van der Waals surface area contributed by atoms with Gasteiger partial charge < -0.3 is 20.5 Å². The average molecular weight is 493 g/mol. The minimum absolute atomic E-state index is 0.000122.